The molecule has 0 spiro atoms. The standard InChI is InChI=1S/C16H22N2OS/c1-11-3-2-4-14-13(11)5-6-15(14)18-16(19)9-12-10-20-8-7-17-12/h2-4,12,15,17H,5-10H2,1H3,(H,18,19)/t12-,15-/m1/s1. The van der Waals surface area contributed by atoms with Crippen molar-refractivity contribution in [2.45, 2.75) is 38.3 Å². The molecule has 0 radical (unpaired) electrons. The topological polar surface area (TPSA) is 41.1 Å². The van der Waals surface area contributed by atoms with Gasteiger partial charge in [-0.1, -0.05) is 18.2 Å². The zero-order valence-corrected chi connectivity index (χ0v) is 12.8. The number of thioether (sulfide) groups is 1. The van der Waals surface area contributed by atoms with Crippen LogP contribution >= 0.6 is 11.8 Å². The molecule has 1 aliphatic heterocycles. The van der Waals surface area contributed by atoms with E-state index in [1.54, 1.807) is 0 Å². The number of fused-ring (bicyclic) bond motifs is 1. The van der Waals surface area contributed by atoms with E-state index < -0.39 is 0 Å². The minimum Gasteiger partial charge on any atom is -0.349 e. The molecule has 0 bridgehead atoms. The van der Waals surface area contributed by atoms with Crippen LogP contribution < -0.4 is 10.6 Å². The van der Waals surface area contributed by atoms with Gasteiger partial charge >= 0.3 is 0 Å². The van der Waals surface area contributed by atoms with E-state index in [0.717, 1.165) is 30.9 Å². The molecule has 1 aromatic carbocycles. The fourth-order valence-electron chi connectivity index (χ4n) is 3.21. The van der Waals surface area contributed by atoms with Crippen LogP contribution in [0.2, 0.25) is 0 Å². The van der Waals surface area contributed by atoms with E-state index in [1.165, 1.54) is 16.7 Å². The average Bonchev–Trinajstić information content (AvgIpc) is 2.84. The van der Waals surface area contributed by atoms with Crippen molar-refractivity contribution in [3.63, 3.8) is 0 Å². The fraction of sp³-hybridized carbons (Fsp3) is 0.562. The van der Waals surface area contributed by atoms with Gasteiger partial charge in [0, 0.05) is 30.5 Å². The number of nitrogens with one attached hydrogen (secondary N) is 2. The highest BCUT2D eigenvalue weighted by atomic mass is 32.2. The number of hydrogen-bond acceptors (Lipinski definition) is 3. The van der Waals surface area contributed by atoms with Crippen molar-refractivity contribution in [1.29, 1.82) is 0 Å². The van der Waals surface area contributed by atoms with Gasteiger partial charge in [-0.05, 0) is 36.5 Å². The van der Waals surface area contributed by atoms with Crippen LogP contribution in [0.4, 0.5) is 0 Å². The molecule has 1 aromatic rings. The van der Waals surface area contributed by atoms with E-state index >= 15 is 0 Å². The lowest BCUT2D eigenvalue weighted by molar-refractivity contribution is -0.122. The smallest absolute Gasteiger partial charge is 0.222 e. The Bertz CT molecular complexity index is 497. The third-order valence-corrected chi connectivity index (χ3v) is 5.40. The van der Waals surface area contributed by atoms with Gasteiger partial charge in [0.15, 0.2) is 0 Å². The molecule has 0 unspecified atom stereocenters. The number of carbonyl (C=O) groups is 1. The van der Waals surface area contributed by atoms with Gasteiger partial charge in [0.1, 0.15) is 0 Å². The number of aryl methyl sites for hydroxylation is 1. The van der Waals surface area contributed by atoms with E-state index in [-0.39, 0.29) is 11.9 Å². The zero-order chi connectivity index (χ0) is 13.9. The molecule has 1 fully saturated rings. The highest BCUT2D eigenvalue weighted by Gasteiger charge is 2.26. The molecule has 1 amide bonds. The minimum absolute atomic E-state index is 0.185. The Morgan fingerprint density at radius 1 is 1.50 bits per heavy atom. The predicted molar refractivity (Wildman–Crippen MR) is 84.1 cm³/mol. The monoisotopic (exact) mass is 290 g/mol. The second-order valence-electron chi connectivity index (χ2n) is 5.73. The Balaban J connectivity index is 1.59. The summed E-state index contributed by atoms with van der Waals surface area (Å²) in [4.78, 5) is 12.2. The molecule has 3 nitrogen and oxygen atoms in total. The summed E-state index contributed by atoms with van der Waals surface area (Å²) in [5, 5.41) is 6.64. The first-order valence-electron chi connectivity index (χ1n) is 7.43. The maximum Gasteiger partial charge on any atom is 0.222 e. The lowest BCUT2D eigenvalue weighted by Gasteiger charge is -2.23. The summed E-state index contributed by atoms with van der Waals surface area (Å²) in [5.74, 6) is 2.39. The summed E-state index contributed by atoms with van der Waals surface area (Å²) < 4.78 is 0. The van der Waals surface area contributed by atoms with E-state index in [1.807, 2.05) is 11.8 Å². The molecule has 0 saturated carbocycles. The normalized spacial score (nSPS) is 25.2. The van der Waals surface area contributed by atoms with Crippen LogP contribution in [0.25, 0.3) is 0 Å². The number of carbonyl (C=O) groups excluding carboxylic acids is 1. The van der Waals surface area contributed by atoms with Crippen LogP contribution in [0.15, 0.2) is 18.2 Å². The first kappa shape index (κ1) is 14.0. The van der Waals surface area contributed by atoms with Gasteiger partial charge in [-0.25, -0.2) is 0 Å². The Morgan fingerprint density at radius 3 is 3.20 bits per heavy atom. The van der Waals surface area contributed by atoms with Crippen LogP contribution in [0, 0.1) is 6.92 Å². The lowest BCUT2D eigenvalue weighted by Crippen LogP contribution is -2.41. The van der Waals surface area contributed by atoms with Crippen molar-refractivity contribution in [2.75, 3.05) is 18.1 Å². The van der Waals surface area contributed by atoms with Crippen molar-refractivity contribution in [1.82, 2.24) is 10.6 Å². The molecule has 1 saturated heterocycles. The number of hydrogen-bond donors (Lipinski definition) is 2. The fourth-order valence-corrected chi connectivity index (χ4v) is 4.16. The van der Waals surface area contributed by atoms with E-state index in [9.17, 15) is 4.79 Å². The second-order valence-corrected chi connectivity index (χ2v) is 6.88. The summed E-state index contributed by atoms with van der Waals surface area (Å²) in [5.41, 5.74) is 4.11. The van der Waals surface area contributed by atoms with Crippen molar-refractivity contribution in [3.05, 3.63) is 34.9 Å². The predicted octanol–water partition coefficient (Wildman–Crippen LogP) is 2.19. The van der Waals surface area contributed by atoms with Gasteiger partial charge in [-0.15, -0.1) is 0 Å². The molecule has 1 aliphatic carbocycles. The Labute approximate surface area is 124 Å². The number of amides is 1. The summed E-state index contributed by atoms with van der Waals surface area (Å²) >= 11 is 1.94. The molecule has 2 aliphatic rings. The molecule has 2 N–H and O–H groups in total. The molecule has 20 heavy (non-hydrogen) atoms. The van der Waals surface area contributed by atoms with Crippen LogP contribution in [0.3, 0.4) is 0 Å². The molecule has 108 valence electrons. The minimum atomic E-state index is 0.185. The third-order valence-electron chi connectivity index (χ3n) is 4.27. The third kappa shape index (κ3) is 3.01. The van der Waals surface area contributed by atoms with Crippen molar-refractivity contribution < 1.29 is 4.79 Å². The molecule has 2 atom stereocenters. The molecular formula is C16H22N2OS. The van der Waals surface area contributed by atoms with Gasteiger partial charge in [-0.3, -0.25) is 4.79 Å². The van der Waals surface area contributed by atoms with Crippen molar-refractivity contribution in [3.8, 4) is 0 Å². The first-order valence-corrected chi connectivity index (χ1v) is 8.58. The van der Waals surface area contributed by atoms with Crippen LogP contribution in [0.5, 0.6) is 0 Å². The largest absolute Gasteiger partial charge is 0.349 e. The molecule has 1 heterocycles. The highest BCUT2D eigenvalue weighted by Crippen LogP contribution is 2.33. The van der Waals surface area contributed by atoms with Crippen LogP contribution in [-0.2, 0) is 11.2 Å². The highest BCUT2D eigenvalue weighted by molar-refractivity contribution is 7.99. The van der Waals surface area contributed by atoms with Gasteiger partial charge < -0.3 is 10.6 Å². The molecule has 4 heteroatoms. The zero-order valence-electron chi connectivity index (χ0n) is 11.9. The van der Waals surface area contributed by atoms with E-state index in [4.69, 9.17) is 0 Å². The Hall–Kier alpha value is -1.000. The molecular weight excluding hydrogens is 268 g/mol. The summed E-state index contributed by atoms with van der Waals surface area (Å²) in [6, 6.07) is 6.97. The van der Waals surface area contributed by atoms with Gasteiger partial charge in [0.25, 0.3) is 0 Å². The van der Waals surface area contributed by atoms with E-state index in [2.05, 4.69) is 35.8 Å². The second kappa shape index (κ2) is 6.19. The molecule has 0 aromatic heterocycles. The number of benzene rings is 1. The quantitative estimate of drug-likeness (QED) is 0.896. The number of rotatable bonds is 3. The SMILES string of the molecule is Cc1cccc2c1CC[C@H]2NC(=O)C[C@@H]1CSCCN1. The Kier molecular flexibility index (Phi) is 4.32. The van der Waals surface area contributed by atoms with Gasteiger partial charge in [0.05, 0.1) is 6.04 Å². The van der Waals surface area contributed by atoms with E-state index in [0.29, 0.717) is 12.5 Å². The summed E-state index contributed by atoms with van der Waals surface area (Å²) in [7, 11) is 0. The van der Waals surface area contributed by atoms with Crippen LogP contribution in [0.1, 0.15) is 35.6 Å². The maximum atomic E-state index is 12.2. The van der Waals surface area contributed by atoms with Gasteiger partial charge in [-0.2, -0.15) is 11.8 Å². The van der Waals surface area contributed by atoms with Crippen molar-refractivity contribution in [2.24, 2.45) is 0 Å². The first-order chi connectivity index (χ1) is 9.74. The Morgan fingerprint density at radius 2 is 2.40 bits per heavy atom. The molecule has 3 rings (SSSR count). The summed E-state index contributed by atoms with van der Waals surface area (Å²) in [6.45, 7) is 3.18. The lowest BCUT2D eigenvalue weighted by atomic mass is 10.0. The van der Waals surface area contributed by atoms with Crippen LogP contribution in [-0.4, -0.2) is 30.0 Å². The average molecular weight is 290 g/mol. The summed E-state index contributed by atoms with van der Waals surface area (Å²) in [6.07, 6.45) is 2.73. The maximum absolute atomic E-state index is 12.2. The van der Waals surface area contributed by atoms with Crippen molar-refractivity contribution >= 4 is 17.7 Å². The van der Waals surface area contributed by atoms with Gasteiger partial charge in [0.2, 0.25) is 5.91 Å².